The highest BCUT2D eigenvalue weighted by Crippen LogP contribution is 2.14. The summed E-state index contributed by atoms with van der Waals surface area (Å²) in [5, 5.41) is 5.50. The van der Waals surface area contributed by atoms with Crippen LogP contribution in [-0.4, -0.2) is 18.4 Å². The summed E-state index contributed by atoms with van der Waals surface area (Å²) < 4.78 is 13.0. The third-order valence-corrected chi connectivity index (χ3v) is 2.84. The smallest absolute Gasteiger partial charge is 0.251 e. The lowest BCUT2D eigenvalue weighted by molar-refractivity contribution is -0.115. The highest BCUT2D eigenvalue weighted by molar-refractivity contribution is 6.30. The van der Waals surface area contributed by atoms with Gasteiger partial charge in [-0.1, -0.05) is 23.7 Å². The molecule has 0 aliphatic rings. The van der Waals surface area contributed by atoms with Crippen LogP contribution in [0.3, 0.4) is 0 Å². The van der Waals surface area contributed by atoms with E-state index in [0.29, 0.717) is 10.7 Å². The third kappa shape index (κ3) is 4.57. The zero-order valence-electron chi connectivity index (χ0n) is 10.9. The van der Waals surface area contributed by atoms with Gasteiger partial charge in [0.15, 0.2) is 0 Å². The number of amides is 2. The standard InChI is InChI=1S/C15H12ClFN2O2/c16-11-4-2-6-13(8-11)19-14(20)9-18-15(21)10-3-1-5-12(17)7-10/h1-8H,9H2,(H,18,21)(H,19,20). The van der Waals surface area contributed by atoms with Crippen LogP contribution in [-0.2, 0) is 4.79 Å². The van der Waals surface area contributed by atoms with Gasteiger partial charge in [-0.05, 0) is 36.4 Å². The van der Waals surface area contributed by atoms with Crippen LogP contribution < -0.4 is 10.6 Å². The number of nitrogens with one attached hydrogen (secondary N) is 2. The maximum Gasteiger partial charge on any atom is 0.251 e. The first kappa shape index (κ1) is 15.0. The molecule has 2 aromatic carbocycles. The minimum Gasteiger partial charge on any atom is -0.343 e. The van der Waals surface area contributed by atoms with Crippen molar-refractivity contribution in [2.75, 3.05) is 11.9 Å². The average molecular weight is 307 g/mol. The van der Waals surface area contributed by atoms with Gasteiger partial charge in [0.05, 0.1) is 6.54 Å². The molecule has 4 nitrogen and oxygen atoms in total. The Labute approximate surface area is 125 Å². The fourth-order valence-electron chi connectivity index (χ4n) is 1.66. The highest BCUT2D eigenvalue weighted by atomic mass is 35.5. The molecule has 2 amide bonds. The molecule has 2 aromatic rings. The summed E-state index contributed by atoms with van der Waals surface area (Å²) in [6.45, 7) is -0.220. The Balaban J connectivity index is 1.88. The number of benzene rings is 2. The number of carbonyl (C=O) groups excluding carboxylic acids is 2. The van der Waals surface area contributed by atoms with Crippen LogP contribution in [0.2, 0.25) is 5.02 Å². The van der Waals surface area contributed by atoms with Gasteiger partial charge < -0.3 is 10.6 Å². The molecule has 6 heteroatoms. The number of hydrogen-bond donors (Lipinski definition) is 2. The van der Waals surface area contributed by atoms with Crippen molar-refractivity contribution >= 4 is 29.1 Å². The largest absolute Gasteiger partial charge is 0.343 e. The van der Waals surface area contributed by atoms with E-state index in [-0.39, 0.29) is 12.1 Å². The van der Waals surface area contributed by atoms with Crippen LogP contribution in [0.1, 0.15) is 10.4 Å². The molecular weight excluding hydrogens is 295 g/mol. The topological polar surface area (TPSA) is 58.2 Å². The minimum atomic E-state index is -0.518. The first-order valence-electron chi connectivity index (χ1n) is 6.14. The SMILES string of the molecule is O=C(CNC(=O)c1cccc(F)c1)Nc1cccc(Cl)c1. The summed E-state index contributed by atoms with van der Waals surface area (Å²) in [6, 6.07) is 11.9. The molecule has 108 valence electrons. The van der Waals surface area contributed by atoms with Gasteiger partial charge in [0.2, 0.25) is 5.91 Å². The molecule has 0 aliphatic heterocycles. The van der Waals surface area contributed by atoms with Crippen molar-refractivity contribution in [2.45, 2.75) is 0 Å². The van der Waals surface area contributed by atoms with Crippen LogP contribution >= 0.6 is 11.6 Å². The van der Waals surface area contributed by atoms with E-state index >= 15 is 0 Å². The molecule has 0 fully saturated rings. The normalized spacial score (nSPS) is 10.0. The lowest BCUT2D eigenvalue weighted by Gasteiger charge is -2.07. The molecule has 2 rings (SSSR count). The summed E-state index contributed by atoms with van der Waals surface area (Å²) in [5.74, 6) is -1.43. The molecule has 0 bridgehead atoms. The van der Waals surface area contributed by atoms with E-state index in [2.05, 4.69) is 10.6 Å². The maximum absolute atomic E-state index is 13.0. The van der Waals surface area contributed by atoms with E-state index in [1.807, 2.05) is 0 Å². The predicted octanol–water partition coefficient (Wildman–Crippen LogP) is 2.85. The monoisotopic (exact) mass is 306 g/mol. The van der Waals surface area contributed by atoms with Crippen molar-refractivity contribution in [1.82, 2.24) is 5.32 Å². The second-order valence-electron chi connectivity index (χ2n) is 4.25. The minimum absolute atomic E-state index is 0.158. The fourth-order valence-corrected chi connectivity index (χ4v) is 1.85. The van der Waals surface area contributed by atoms with E-state index in [1.165, 1.54) is 18.2 Å². The van der Waals surface area contributed by atoms with Crippen LogP contribution in [0.25, 0.3) is 0 Å². The molecule has 0 saturated heterocycles. The van der Waals surface area contributed by atoms with Gasteiger partial charge in [0.25, 0.3) is 5.91 Å². The molecule has 0 saturated carbocycles. The van der Waals surface area contributed by atoms with Crippen molar-refractivity contribution in [3.63, 3.8) is 0 Å². The molecule has 21 heavy (non-hydrogen) atoms. The van der Waals surface area contributed by atoms with Crippen molar-refractivity contribution in [2.24, 2.45) is 0 Å². The number of halogens is 2. The maximum atomic E-state index is 13.0. The number of hydrogen-bond acceptors (Lipinski definition) is 2. The van der Waals surface area contributed by atoms with E-state index in [1.54, 1.807) is 24.3 Å². The Morgan fingerprint density at radius 3 is 2.57 bits per heavy atom. The van der Waals surface area contributed by atoms with Crippen LogP contribution in [0, 0.1) is 5.82 Å². The number of anilines is 1. The van der Waals surface area contributed by atoms with Crippen molar-refractivity contribution < 1.29 is 14.0 Å². The second-order valence-corrected chi connectivity index (χ2v) is 4.69. The molecule has 0 aromatic heterocycles. The summed E-state index contributed by atoms with van der Waals surface area (Å²) in [5.41, 5.74) is 0.693. The predicted molar refractivity (Wildman–Crippen MR) is 78.8 cm³/mol. The second kappa shape index (κ2) is 6.85. The molecule has 0 spiro atoms. The van der Waals surface area contributed by atoms with Gasteiger partial charge in [0, 0.05) is 16.3 Å². The van der Waals surface area contributed by atoms with E-state index in [4.69, 9.17) is 11.6 Å². The van der Waals surface area contributed by atoms with Gasteiger partial charge in [-0.25, -0.2) is 4.39 Å². The summed E-state index contributed by atoms with van der Waals surface area (Å²) in [6.07, 6.45) is 0. The number of carbonyl (C=O) groups is 2. The summed E-state index contributed by atoms with van der Waals surface area (Å²) >= 11 is 5.79. The van der Waals surface area contributed by atoms with E-state index in [9.17, 15) is 14.0 Å². The lowest BCUT2D eigenvalue weighted by atomic mass is 10.2. The van der Waals surface area contributed by atoms with Gasteiger partial charge in [-0.3, -0.25) is 9.59 Å². The number of rotatable bonds is 4. The van der Waals surface area contributed by atoms with Gasteiger partial charge in [0.1, 0.15) is 5.82 Å². The Morgan fingerprint density at radius 1 is 1.10 bits per heavy atom. The molecule has 0 radical (unpaired) electrons. The third-order valence-electron chi connectivity index (χ3n) is 2.60. The van der Waals surface area contributed by atoms with Gasteiger partial charge >= 0.3 is 0 Å². The first-order valence-corrected chi connectivity index (χ1v) is 6.51. The van der Waals surface area contributed by atoms with E-state index < -0.39 is 17.6 Å². The molecular formula is C15H12ClFN2O2. The first-order chi connectivity index (χ1) is 10.0. The quantitative estimate of drug-likeness (QED) is 0.912. The van der Waals surface area contributed by atoms with Gasteiger partial charge in [-0.15, -0.1) is 0 Å². The van der Waals surface area contributed by atoms with Crippen LogP contribution in [0.15, 0.2) is 48.5 Å². The molecule has 2 N–H and O–H groups in total. The van der Waals surface area contributed by atoms with E-state index in [0.717, 1.165) is 6.07 Å². The molecule has 0 heterocycles. The van der Waals surface area contributed by atoms with Crippen molar-refractivity contribution in [3.05, 3.63) is 64.9 Å². The van der Waals surface area contributed by atoms with Crippen LogP contribution in [0.5, 0.6) is 0 Å². The summed E-state index contributed by atoms with van der Waals surface area (Å²) in [7, 11) is 0. The van der Waals surface area contributed by atoms with Crippen molar-refractivity contribution in [3.8, 4) is 0 Å². The Kier molecular flexibility index (Phi) is 4.90. The molecule has 0 atom stereocenters. The zero-order valence-corrected chi connectivity index (χ0v) is 11.7. The Hall–Kier alpha value is -2.40. The summed E-state index contributed by atoms with van der Waals surface area (Å²) in [4.78, 5) is 23.4. The molecule has 0 unspecified atom stereocenters. The van der Waals surface area contributed by atoms with Crippen LogP contribution in [0.4, 0.5) is 10.1 Å². The van der Waals surface area contributed by atoms with Crippen molar-refractivity contribution in [1.29, 1.82) is 0 Å². The molecule has 0 aliphatic carbocycles. The Morgan fingerprint density at radius 2 is 1.86 bits per heavy atom. The van der Waals surface area contributed by atoms with Gasteiger partial charge in [-0.2, -0.15) is 0 Å². The fraction of sp³-hybridized carbons (Fsp3) is 0.0667. The lowest BCUT2D eigenvalue weighted by Crippen LogP contribution is -2.32. The Bertz CT molecular complexity index is 676. The average Bonchev–Trinajstić information content (AvgIpc) is 2.45. The highest BCUT2D eigenvalue weighted by Gasteiger charge is 2.09. The zero-order chi connectivity index (χ0) is 15.2.